The summed E-state index contributed by atoms with van der Waals surface area (Å²) < 4.78 is 11.3. The molecule has 1 aliphatic heterocycles. The number of aliphatic imine (C=N–C) groups is 1. The molecule has 1 aromatic carbocycles. The van der Waals surface area contributed by atoms with Gasteiger partial charge in [0.05, 0.1) is 12.6 Å². The number of hydrogen-bond acceptors (Lipinski definition) is 5. The van der Waals surface area contributed by atoms with Crippen molar-refractivity contribution in [1.82, 2.24) is 10.1 Å². The number of nitrogens with two attached hydrogens (primary N) is 1. The molecule has 0 radical (unpaired) electrons. The zero-order valence-corrected chi connectivity index (χ0v) is 16.1. The molecular formula is C17H22IN5O2. The molecule has 25 heavy (non-hydrogen) atoms. The van der Waals surface area contributed by atoms with Crippen LogP contribution in [0.4, 0.5) is 5.69 Å². The van der Waals surface area contributed by atoms with Gasteiger partial charge in [-0.05, 0) is 37.8 Å². The zero-order chi connectivity index (χ0) is 16.4. The van der Waals surface area contributed by atoms with Crippen LogP contribution < -0.4 is 11.1 Å². The molecule has 1 saturated carbocycles. The number of nitrogens with zero attached hydrogens (tertiary/aromatic N) is 3. The van der Waals surface area contributed by atoms with Crippen LogP contribution in [0.25, 0.3) is 0 Å². The second kappa shape index (κ2) is 8.13. The normalized spacial score (nSPS) is 23.3. The van der Waals surface area contributed by atoms with Gasteiger partial charge in [0.15, 0.2) is 11.8 Å². The van der Waals surface area contributed by atoms with Crippen molar-refractivity contribution < 1.29 is 9.26 Å². The number of aromatic nitrogens is 2. The highest BCUT2D eigenvalue weighted by Gasteiger charge is 2.34. The van der Waals surface area contributed by atoms with Crippen molar-refractivity contribution in [2.24, 2.45) is 10.7 Å². The van der Waals surface area contributed by atoms with Crippen molar-refractivity contribution in [2.45, 2.75) is 43.8 Å². The van der Waals surface area contributed by atoms with E-state index in [1.165, 1.54) is 0 Å². The van der Waals surface area contributed by atoms with Crippen molar-refractivity contribution >= 4 is 35.6 Å². The van der Waals surface area contributed by atoms with E-state index in [1.54, 1.807) is 0 Å². The van der Waals surface area contributed by atoms with Gasteiger partial charge in [-0.3, -0.25) is 4.99 Å². The highest BCUT2D eigenvalue weighted by molar-refractivity contribution is 14.0. The molecule has 134 valence electrons. The average Bonchev–Trinajstić information content (AvgIpc) is 3.14. The maximum Gasteiger partial charge on any atom is 0.255 e. The van der Waals surface area contributed by atoms with Gasteiger partial charge in [-0.2, -0.15) is 4.98 Å². The smallest absolute Gasteiger partial charge is 0.255 e. The maximum absolute atomic E-state index is 5.97. The lowest BCUT2D eigenvalue weighted by molar-refractivity contribution is 0.0309. The number of guanidine groups is 1. The van der Waals surface area contributed by atoms with Crippen LogP contribution >= 0.6 is 24.0 Å². The highest BCUT2D eigenvalue weighted by Crippen LogP contribution is 2.39. The number of ether oxygens (including phenoxy) is 1. The molecule has 2 atom stereocenters. The van der Waals surface area contributed by atoms with Gasteiger partial charge in [0.1, 0.15) is 6.10 Å². The zero-order valence-electron chi connectivity index (χ0n) is 13.8. The Balaban J connectivity index is 0.00000182. The summed E-state index contributed by atoms with van der Waals surface area (Å²) in [5, 5.41) is 7.11. The van der Waals surface area contributed by atoms with Crippen molar-refractivity contribution in [3.63, 3.8) is 0 Å². The monoisotopic (exact) mass is 455 g/mol. The Kier molecular flexibility index (Phi) is 5.89. The van der Waals surface area contributed by atoms with E-state index < -0.39 is 0 Å². The van der Waals surface area contributed by atoms with Gasteiger partial charge in [0, 0.05) is 11.6 Å². The van der Waals surface area contributed by atoms with E-state index in [9.17, 15) is 0 Å². The lowest BCUT2D eigenvalue weighted by Gasteiger charge is -2.10. The summed E-state index contributed by atoms with van der Waals surface area (Å²) in [6.45, 7) is 0.520. The summed E-state index contributed by atoms with van der Waals surface area (Å²) >= 11 is 0. The summed E-state index contributed by atoms with van der Waals surface area (Å²) in [4.78, 5) is 8.83. The van der Waals surface area contributed by atoms with Gasteiger partial charge < -0.3 is 20.3 Å². The predicted molar refractivity (Wildman–Crippen MR) is 105 cm³/mol. The molecule has 1 saturated heterocycles. The summed E-state index contributed by atoms with van der Waals surface area (Å²) in [7, 11) is 0. The number of hydrogen-bond donors (Lipinski definition) is 2. The number of anilines is 1. The number of halogens is 1. The quantitative estimate of drug-likeness (QED) is 0.408. The Bertz CT molecular complexity index is 717. The fraction of sp³-hybridized carbons (Fsp3) is 0.471. The van der Waals surface area contributed by atoms with Crippen LogP contribution in [0.3, 0.4) is 0 Å². The van der Waals surface area contributed by atoms with E-state index in [2.05, 4.69) is 20.4 Å². The fourth-order valence-corrected chi connectivity index (χ4v) is 2.82. The molecule has 0 amide bonds. The molecule has 4 rings (SSSR count). The summed E-state index contributed by atoms with van der Waals surface area (Å²) in [5.74, 6) is 2.31. The van der Waals surface area contributed by atoms with Crippen LogP contribution in [0.2, 0.25) is 0 Å². The molecule has 0 unspecified atom stereocenters. The van der Waals surface area contributed by atoms with E-state index in [0.29, 0.717) is 24.3 Å². The van der Waals surface area contributed by atoms with Crippen molar-refractivity contribution in [1.29, 1.82) is 0 Å². The van der Waals surface area contributed by atoms with Crippen LogP contribution in [-0.2, 0) is 4.74 Å². The molecule has 8 heteroatoms. The van der Waals surface area contributed by atoms with Gasteiger partial charge in [0.2, 0.25) is 0 Å². The molecule has 7 nitrogen and oxygen atoms in total. The summed E-state index contributed by atoms with van der Waals surface area (Å²) in [6, 6.07) is 9.73. The van der Waals surface area contributed by atoms with E-state index in [0.717, 1.165) is 37.2 Å². The summed E-state index contributed by atoms with van der Waals surface area (Å²) in [5.41, 5.74) is 6.83. The fourth-order valence-electron chi connectivity index (χ4n) is 2.82. The first-order chi connectivity index (χ1) is 11.8. The number of rotatable bonds is 5. The third kappa shape index (κ3) is 4.69. The Morgan fingerprint density at radius 3 is 2.76 bits per heavy atom. The average molecular weight is 455 g/mol. The third-order valence-electron chi connectivity index (χ3n) is 4.29. The molecule has 1 aromatic heterocycles. The SMILES string of the molecule is I.NC(=NC[C@H]1CC[C@@H](c2nc(C3CC3)no2)O1)Nc1ccccc1. The predicted octanol–water partition coefficient (Wildman–Crippen LogP) is 3.21. The van der Waals surface area contributed by atoms with E-state index in [4.69, 9.17) is 15.0 Å². The van der Waals surface area contributed by atoms with E-state index >= 15 is 0 Å². The van der Waals surface area contributed by atoms with Crippen LogP contribution in [0.5, 0.6) is 0 Å². The highest BCUT2D eigenvalue weighted by atomic mass is 127. The Labute approximate surface area is 163 Å². The van der Waals surface area contributed by atoms with Gasteiger partial charge in [-0.1, -0.05) is 23.4 Å². The molecule has 2 aromatic rings. The van der Waals surface area contributed by atoms with Crippen molar-refractivity contribution in [3.8, 4) is 0 Å². The van der Waals surface area contributed by atoms with Crippen LogP contribution in [0.15, 0.2) is 39.8 Å². The molecule has 2 fully saturated rings. The molecule has 3 N–H and O–H groups in total. The number of nitrogens with one attached hydrogen (secondary N) is 1. The van der Waals surface area contributed by atoms with Crippen LogP contribution in [0.1, 0.15) is 49.4 Å². The van der Waals surface area contributed by atoms with Crippen molar-refractivity contribution in [2.75, 3.05) is 11.9 Å². The van der Waals surface area contributed by atoms with Gasteiger partial charge in [0.25, 0.3) is 5.89 Å². The lowest BCUT2D eigenvalue weighted by atomic mass is 10.2. The maximum atomic E-state index is 5.97. The standard InChI is InChI=1S/C17H21N5O2.HI/c18-17(20-12-4-2-1-3-5-12)19-10-13-8-9-14(23-13)16-21-15(22-24-16)11-6-7-11;/h1-5,11,13-14H,6-10H2,(H3,18,19,20);1H/t13-,14+;/m1./s1. The molecule has 2 aliphatic rings. The molecular weight excluding hydrogens is 433 g/mol. The second-order valence-corrected chi connectivity index (χ2v) is 6.31. The first-order valence-corrected chi connectivity index (χ1v) is 8.39. The number of benzene rings is 1. The van der Waals surface area contributed by atoms with Crippen LogP contribution in [-0.4, -0.2) is 28.7 Å². The Morgan fingerprint density at radius 2 is 2.00 bits per heavy atom. The largest absolute Gasteiger partial charge is 0.370 e. The van der Waals surface area contributed by atoms with Gasteiger partial charge >= 0.3 is 0 Å². The van der Waals surface area contributed by atoms with Gasteiger partial charge in [-0.15, -0.1) is 24.0 Å². The van der Waals surface area contributed by atoms with E-state index in [-0.39, 0.29) is 36.2 Å². The van der Waals surface area contributed by atoms with Gasteiger partial charge in [-0.25, -0.2) is 0 Å². The lowest BCUT2D eigenvalue weighted by Crippen LogP contribution is -2.24. The van der Waals surface area contributed by atoms with Crippen molar-refractivity contribution in [3.05, 3.63) is 42.0 Å². The number of para-hydroxylation sites is 1. The molecule has 2 heterocycles. The summed E-state index contributed by atoms with van der Waals surface area (Å²) in [6.07, 6.45) is 4.02. The molecule has 1 aliphatic carbocycles. The Morgan fingerprint density at radius 1 is 1.20 bits per heavy atom. The first kappa shape index (κ1) is 18.1. The molecule has 0 bridgehead atoms. The first-order valence-electron chi connectivity index (χ1n) is 8.39. The third-order valence-corrected chi connectivity index (χ3v) is 4.29. The topological polar surface area (TPSA) is 98.6 Å². The Hall–Kier alpha value is -1.68. The molecule has 0 spiro atoms. The minimum atomic E-state index is -0.117. The minimum absolute atomic E-state index is 0. The van der Waals surface area contributed by atoms with E-state index in [1.807, 2.05) is 30.3 Å². The van der Waals surface area contributed by atoms with Crippen LogP contribution in [0, 0.1) is 0 Å². The second-order valence-electron chi connectivity index (χ2n) is 6.31. The minimum Gasteiger partial charge on any atom is -0.370 e.